The van der Waals surface area contributed by atoms with E-state index in [4.69, 9.17) is 9.84 Å². The molecule has 0 aromatic rings. The van der Waals surface area contributed by atoms with Gasteiger partial charge in [-0.1, -0.05) is 13.8 Å². The molecule has 0 aromatic carbocycles. The van der Waals surface area contributed by atoms with E-state index in [0.29, 0.717) is 19.4 Å². The Morgan fingerprint density at radius 1 is 1.50 bits per heavy atom. The zero-order valence-corrected chi connectivity index (χ0v) is 11.1. The molecule has 104 valence electrons. The summed E-state index contributed by atoms with van der Waals surface area (Å²) in [6, 6.07) is -1.18. The van der Waals surface area contributed by atoms with E-state index in [2.05, 4.69) is 10.6 Å². The van der Waals surface area contributed by atoms with E-state index in [9.17, 15) is 9.59 Å². The highest BCUT2D eigenvalue weighted by atomic mass is 16.5. The molecule has 1 aliphatic heterocycles. The predicted octanol–water partition coefficient (Wildman–Crippen LogP) is -0.0212. The van der Waals surface area contributed by atoms with E-state index in [1.54, 1.807) is 7.11 Å². The Hall–Kier alpha value is -1.14. The van der Waals surface area contributed by atoms with Crippen molar-refractivity contribution < 1.29 is 19.4 Å². The number of carbonyl (C=O) groups is 2. The number of carbonyl (C=O) groups excluding carboxylic acids is 1. The van der Waals surface area contributed by atoms with Crippen molar-refractivity contribution in [3.8, 4) is 0 Å². The molecular formula is C12H22N2O4. The third-order valence-electron chi connectivity index (χ3n) is 3.06. The van der Waals surface area contributed by atoms with Crippen LogP contribution < -0.4 is 10.6 Å². The lowest BCUT2D eigenvalue weighted by atomic mass is 10.0. The van der Waals surface area contributed by atoms with Gasteiger partial charge in [0, 0.05) is 13.7 Å². The fourth-order valence-corrected chi connectivity index (χ4v) is 2.05. The normalized spacial score (nSPS) is 25.1. The first-order chi connectivity index (χ1) is 8.43. The minimum atomic E-state index is -0.988. The van der Waals surface area contributed by atoms with E-state index >= 15 is 0 Å². The van der Waals surface area contributed by atoms with Crippen LogP contribution in [0.3, 0.4) is 0 Å². The zero-order valence-electron chi connectivity index (χ0n) is 11.1. The number of aliphatic carboxylic acids is 1. The highest BCUT2D eigenvalue weighted by molar-refractivity contribution is 5.87. The van der Waals surface area contributed by atoms with Crippen LogP contribution in [0.25, 0.3) is 0 Å². The molecule has 3 atom stereocenters. The summed E-state index contributed by atoms with van der Waals surface area (Å²) in [7, 11) is 1.60. The third-order valence-corrected chi connectivity index (χ3v) is 3.06. The monoisotopic (exact) mass is 258 g/mol. The molecule has 0 aromatic heterocycles. The largest absolute Gasteiger partial charge is 0.480 e. The lowest BCUT2D eigenvalue weighted by Crippen LogP contribution is -2.48. The van der Waals surface area contributed by atoms with Crippen LogP contribution in [0.4, 0.5) is 0 Å². The van der Waals surface area contributed by atoms with Gasteiger partial charge >= 0.3 is 5.97 Å². The quantitative estimate of drug-likeness (QED) is 0.623. The number of hydrogen-bond acceptors (Lipinski definition) is 4. The molecule has 3 N–H and O–H groups in total. The molecule has 0 spiro atoms. The number of carboxylic acids is 1. The second-order valence-corrected chi connectivity index (χ2v) is 5.08. The zero-order chi connectivity index (χ0) is 13.7. The summed E-state index contributed by atoms with van der Waals surface area (Å²) in [5.41, 5.74) is 0. The molecule has 2 unspecified atom stereocenters. The van der Waals surface area contributed by atoms with Crippen molar-refractivity contribution in [2.24, 2.45) is 5.92 Å². The second kappa shape index (κ2) is 6.70. The third kappa shape index (κ3) is 4.27. The van der Waals surface area contributed by atoms with Crippen LogP contribution >= 0.6 is 0 Å². The summed E-state index contributed by atoms with van der Waals surface area (Å²) in [6.45, 7) is 4.48. The Morgan fingerprint density at radius 2 is 2.17 bits per heavy atom. The molecule has 0 radical (unpaired) electrons. The van der Waals surface area contributed by atoms with Crippen molar-refractivity contribution >= 4 is 11.9 Å². The Labute approximate surface area is 107 Å². The first-order valence-corrected chi connectivity index (χ1v) is 6.23. The number of amides is 1. The first kappa shape index (κ1) is 14.9. The fraction of sp³-hybridized carbons (Fsp3) is 0.833. The molecule has 1 saturated heterocycles. The van der Waals surface area contributed by atoms with E-state index < -0.39 is 12.0 Å². The highest BCUT2D eigenvalue weighted by Crippen LogP contribution is 2.11. The topological polar surface area (TPSA) is 87.7 Å². The molecule has 0 saturated carbocycles. The first-order valence-electron chi connectivity index (χ1n) is 6.23. The smallest absolute Gasteiger partial charge is 0.326 e. The number of carboxylic acid groups (broad SMARTS) is 1. The molecule has 1 fully saturated rings. The minimum absolute atomic E-state index is 0.0223. The summed E-state index contributed by atoms with van der Waals surface area (Å²) in [6.07, 6.45) is 1.03. The Kier molecular flexibility index (Phi) is 5.55. The van der Waals surface area contributed by atoms with E-state index in [0.717, 1.165) is 0 Å². The number of ether oxygens (including phenoxy) is 1. The SMILES string of the molecule is COC1CNC(C(=O)N[C@@H](CC(C)C)C(=O)O)C1. The van der Waals surface area contributed by atoms with Crippen molar-refractivity contribution in [3.05, 3.63) is 0 Å². The molecule has 0 aliphatic carbocycles. The van der Waals surface area contributed by atoms with Gasteiger partial charge in [0.2, 0.25) is 5.91 Å². The molecule has 6 nitrogen and oxygen atoms in total. The van der Waals surface area contributed by atoms with Crippen LogP contribution in [0, 0.1) is 5.92 Å². The predicted molar refractivity (Wildman–Crippen MR) is 66.2 cm³/mol. The second-order valence-electron chi connectivity index (χ2n) is 5.08. The van der Waals surface area contributed by atoms with Crippen molar-refractivity contribution in [2.75, 3.05) is 13.7 Å². The van der Waals surface area contributed by atoms with Gasteiger partial charge in [-0.15, -0.1) is 0 Å². The van der Waals surface area contributed by atoms with Gasteiger partial charge in [0.25, 0.3) is 0 Å². The molecule has 1 heterocycles. The van der Waals surface area contributed by atoms with E-state index in [1.165, 1.54) is 0 Å². The molecule has 0 bridgehead atoms. The van der Waals surface area contributed by atoms with Crippen LogP contribution in [0.1, 0.15) is 26.7 Å². The molecule has 1 aliphatic rings. The minimum Gasteiger partial charge on any atom is -0.480 e. The summed E-state index contributed by atoms with van der Waals surface area (Å²) < 4.78 is 5.15. The lowest BCUT2D eigenvalue weighted by molar-refractivity contribution is -0.142. The van der Waals surface area contributed by atoms with E-state index in [1.807, 2.05) is 13.8 Å². The maximum atomic E-state index is 11.9. The highest BCUT2D eigenvalue weighted by Gasteiger charge is 2.31. The van der Waals surface area contributed by atoms with Gasteiger partial charge in [0.15, 0.2) is 0 Å². The molecule has 1 amide bonds. The van der Waals surface area contributed by atoms with Crippen LogP contribution in [0.2, 0.25) is 0 Å². The van der Waals surface area contributed by atoms with Crippen molar-refractivity contribution in [1.82, 2.24) is 10.6 Å². The summed E-state index contributed by atoms with van der Waals surface area (Å²) in [5, 5.41) is 14.7. The van der Waals surface area contributed by atoms with Crippen molar-refractivity contribution in [2.45, 2.75) is 44.9 Å². The van der Waals surface area contributed by atoms with Gasteiger partial charge in [0.1, 0.15) is 6.04 Å². The van der Waals surface area contributed by atoms with Gasteiger partial charge < -0.3 is 20.5 Å². The maximum absolute atomic E-state index is 11.9. The van der Waals surface area contributed by atoms with E-state index in [-0.39, 0.29) is 24.0 Å². The van der Waals surface area contributed by atoms with Crippen LogP contribution in [0.15, 0.2) is 0 Å². The standard InChI is InChI=1S/C12H22N2O4/c1-7(2)4-10(12(16)17)14-11(15)9-5-8(18-3)6-13-9/h7-10,13H,4-6H2,1-3H3,(H,14,15)(H,16,17)/t8?,9?,10-/m0/s1. The van der Waals surface area contributed by atoms with Crippen LogP contribution in [-0.2, 0) is 14.3 Å². The number of methoxy groups -OCH3 is 1. The average Bonchev–Trinajstić information content (AvgIpc) is 2.75. The van der Waals surface area contributed by atoms with Gasteiger partial charge in [0.05, 0.1) is 12.1 Å². The Balaban J connectivity index is 2.49. The Bertz CT molecular complexity index is 306. The molecule has 6 heteroatoms. The molecular weight excluding hydrogens is 236 g/mol. The molecule has 18 heavy (non-hydrogen) atoms. The van der Waals surface area contributed by atoms with Crippen molar-refractivity contribution in [3.63, 3.8) is 0 Å². The summed E-state index contributed by atoms with van der Waals surface area (Å²) in [4.78, 5) is 23.0. The number of hydrogen-bond donors (Lipinski definition) is 3. The average molecular weight is 258 g/mol. The summed E-state index contributed by atoms with van der Waals surface area (Å²) >= 11 is 0. The van der Waals surface area contributed by atoms with Gasteiger partial charge in [-0.2, -0.15) is 0 Å². The van der Waals surface area contributed by atoms with Crippen LogP contribution in [-0.4, -0.2) is 48.8 Å². The number of rotatable bonds is 6. The Morgan fingerprint density at radius 3 is 2.61 bits per heavy atom. The van der Waals surface area contributed by atoms with Gasteiger partial charge in [-0.3, -0.25) is 4.79 Å². The fourth-order valence-electron chi connectivity index (χ4n) is 2.05. The molecule has 1 rings (SSSR count). The van der Waals surface area contributed by atoms with Crippen LogP contribution in [0.5, 0.6) is 0 Å². The maximum Gasteiger partial charge on any atom is 0.326 e. The lowest BCUT2D eigenvalue weighted by Gasteiger charge is -2.19. The van der Waals surface area contributed by atoms with Gasteiger partial charge in [-0.25, -0.2) is 4.79 Å². The van der Waals surface area contributed by atoms with Gasteiger partial charge in [-0.05, 0) is 18.8 Å². The number of nitrogens with one attached hydrogen (secondary N) is 2. The summed E-state index contributed by atoms with van der Waals surface area (Å²) in [5.74, 6) is -1.03. The van der Waals surface area contributed by atoms with Crippen molar-refractivity contribution in [1.29, 1.82) is 0 Å².